The summed E-state index contributed by atoms with van der Waals surface area (Å²) in [5.74, 6) is 0. The van der Waals surface area contributed by atoms with E-state index in [9.17, 15) is 25.9 Å². The molecule has 0 unspecified atom stereocenters. The van der Waals surface area contributed by atoms with E-state index in [-0.39, 0.29) is 59.1 Å². The second-order valence-electron chi connectivity index (χ2n) is 0.953. The Bertz CT molecular complexity index is 253. The minimum Gasteiger partial charge on any atom is -0.724 e. The maximum absolute atomic E-state index is 9.37. The fourth-order valence-corrected chi connectivity index (χ4v) is 0.612. The summed E-state index contributed by atoms with van der Waals surface area (Å²) in [7, 11) is -10.6. The Morgan fingerprint density at radius 3 is 0.875 bits per heavy atom. The van der Waals surface area contributed by atoms with Crippen LogP contribution in [0.2, 0.25) is 0 Å². The van der Waals surface area contributed by atoms with Gasteiger partial charge in [-0.05, 0) is 0 Å². The van der Waals surface area contributed by atoms with E-state index >= 15 is 0 Å². The molecule has 16 heavy (non-hydrogen) atoms. The molecule has 0 saturated carbocycles. The van der Waals surface area contributed by atoms with E-state index in [2.05, 4.69) is 8.67 Å². The monoisotopic (exact) mass is 306 g/mol. The zero-order chi connectivity index (χ0) is 12.4. The zero-order valence-electron chi connectivity index (χ0n) is 7.87. The molecule has 4 N–H and O–H groups in total. The summed E-state index contributed by atoms with van der Waals surface area (Å²) < 4.78 is 61.5. The molecule has 0 radical (unpaired) electrons. The average molecular weight is 306 g/mol. The third-order valence-corrected chi connectivity index (χ3v) is 0.750. The molecule has 12 nitrogen and oxygen atoms in total. The number of rotatable bonds is 3. The van der Waals surface area contributed by atoms with Gasteiger partial charge in [0.05, 0.1) is 0 Å². The van der Waals surface area contributed by atoms with Crippen molar-refractivity contribution in [3.63, 3.8) is 0 Å². The van der Waals surface area contributed by atoms with Crippen molar-refractivity contribution in [1.82, 2.24) is 0 Å². The van der Waals surface area contributed by atoms with Gasteiger partial charge in [-0.2, -0.15) is 0 Å². The van der Waals surface area contributed by atoms with Gasteiger partial charge in [0.2, 0.25) is 20.8 Å². The summed E-state index contributed by atoms with van der Waals surface area (Å²) in [6.45, 7) is 0. The maximum atomic E-state index is 9.37. The average Bonchev–Trinajstić information content (AvgIpc) is 2.06. The van der Waals surface area contributed by atoms with Gasteiger partial charge in [-0.25, -0.2) is 16.8 Å². The molecule has 0 aromatic heterocycles. The fourth-order valence-electron chi connectivity index (χ4n) is 0.0680. The van der Waals surface area contributed by atoms with E-state index in [1.54, 1.807) is 0 Å². The van der Waals surface area contributed by atoms with Crippen LogP contribution in [0.4, 0.5) is 0 Å². The van der Waals surface area contributed by atoms with Crippen molar-refractivity contribution in [1.29, 1.82) is 0 Å². The molecule has 0 rings (SSSR count). The van der Waals surface area contributed by atoms with Crippen LogP contribution in [0.5, 0.6) is 0 Å². The largest absolute Gasteiger partial charge is 1.00 e. The molecule has 0 saturated heterocycles. The second kappa shape index (κ2) is 16.6. The van der Waals surface area contributed by atoms with Crippen LogP contribution < -0.4 is 59.1 Å². The molecule has 0 aliphatic rings. The molecule has 0 fully saturated rings. The molecular formula is H4Na2O12S2. The predicted molar refractivity (Wildman–Crippen MR) is 32.1 cm³/mol. The van der Waals surface area contributed by atoms with Crippen LogP contribution in [0.25, 0.3) is 0 Å². The van der Waals surface area contributed by atoms with Crippen molar-refractivity contribution < 1.29 is 115 Å². The van der Waals surface area contributed by atoms with Crippen molar-refractivity contribution in [2.24, 2.45) is 0 Å². The van der Waals surface area contributed by atoms with Crippen LogP contribution >= 0.6 is 0 Å². The first-order chi connectivity index (χ1) is 6.21. The van der Waals surface area contributed by atoms with Gasteiger partial charge in [0.25, 0.3) is 0 Å². The summed E-state index contributed by atoms with van der Waals surface area (Å²) in [4.78, 5) is 0. The Labute approximate surface area is 134 Å². The van der Waals surface area contributed by atoms with Crippen LogP contribution in [0.1, 0.15) is 0 Å². The zero-order valence-corrected chi connectivity index (χ0v) is 13.5. The maximum Gasteiger partial charge on any atom is 1.00 e. The molecule has 0 bridgehead atoms. The van der Waals surface area contributed by atoms with Crippen molar-refractivity contribution in [2.45, 2.75) is 0 Å². The van der Waals surface area contributed by atoms with E-state index in [1.807, 2.05) is 0 Å². The molecule has 0 aromatic rings. The van der Waals surface area contributed by atoms with Gasteiger partial charge >= 0.3 is 59.1 Å². The molecule has 0 amide bonds. The molecule has 0 atom stereocenters. The predicted octanol–water partition coefficient (Wildman–Crippen LogP) is -8.10. The standard InChI is InChI=1S/2Na.H2O8S2.2H2O2/c;;1-9(2,3)7-8-10(4,5)6;2*1-2/h;;(H,1,2,3)(H,4,5,6);2*1-2H/q2*+1;;;/p-2. The van der Waals surface area contributed by atoms with Gasteiger partial charge in [0, 0.05) is 0 Å². The molecule has 0 heterocycles. The van der Waals surface area contributed by atoms with Crippen molar-refractivity contribution in [3.05, 3.63) is 0 Å². The van der Waals surface area contributed by atoms with E-state index < -0.39 is 20.8 Å². The van der Waals surface area contributed by atoms with Gasteiger partial charge < -0.3 is 9.11 Å². The van der Waals surface area contributed by atoms with E-state index in [1.165, 1.54) is 0 Å². The minimum absolute atomic E-state index is 0. The van der Waals surface area contributed by atoms with Crippen molar-refractivity contribution >= 4 is 20.8 Å². The van der Waals surface area contributed by atoms with Gasteiger partial charge in [0.1, 0.15) is 0 Å². The molecule has 16 heteroatoms. The molecule has 0 aliphatic carbocycles. The molecule has 90 valence electrons. The van der Waals surface area contributed by atoms with Crippen LogP contribution in [0, 0.1) is 0 Å². The molecule has 0 aliphatic heterocycles. The third kappa shape index (κ3) is 45.0. The first-order valence-electron chi connectivity index (χ1n) is 1.90. The Kier molecular flexibility index (Phi) is 31.6. The SMILES string of the molecule is O=S(=O)([O-])OOS(=O)(=O)[O-].OO.OO.[Na+].[Na+]. The minimum atomic E-state index is -5.31. The summed E-state index contributed by atoms with van der Waals surface area (Å²) in [6, 6.07) is 0. The Morgan fingerprint density at radius 2 is 0.812 bits per heavy atom. The fraction of sp³-hybridized carbons (Fsp3) is 0. The number of hydrogen-bond donors (Lipinski definition) is 4. The van der Waals surface area contributed by atoms with E-state index in [4.69, 9.17) is 21.0 Å². The normalized spacial score (nSPS) is 9.12. The smallest absolute Gasteiger partial charge is 0.724 e. The van der Waals surface area contributed by atoms with Crippen LogP contribution in [-0.2, 0) is 29.5 Å². The van der Waals surface area contributed by atoms with Gasteiger partial charge in [-0.1, -0.05) is 0 Å². The Morgan fingerprint density at radius 1 is 0.688 bits per heavy atom. The van der Waals surface area contributed by atoms with Crippen LogP contribution in [-0.4, -0.2) is 47.0 Å². The van der Waals surface area contributed by atoms with Gasteiger partial charge in [0.15, 0.2) is 0 Å². The van der Waals surface area contributed by atoms with Crippen molar-refractivity contribution in [3.8, 4) is 0 Å². The number of hydrogen-bond acceptors (Lipinski definition) is 12. The summed E-state index contributed by atoms with van der Waals surface area (Å²) >= 11 is 0. The summed E-state index contributed by atoms with van der Waals surface area (Å²) in [6.07, 6.45) is 0. The van der Waals surface area contributed by atoms with E-state index in [0.717, 1.165) is 0 Å². The third-order valence-electron chi connectivity index (χ3n) is 0.194. The van der Waals surface area contributed by atoms with Crippen molar-refractivity contribution in [2.75, 3.05) is 0 Å². The first-order valence-corrected chi connectivity index (χ1v) is 4.57. The Balaban J connectivity index is -0.0000000602. The quantitative estimate of drug-likeness (QED) is 0.126. The summed E-state index contributed by atoms with van der Waals surface area (Å²) in [5, 5.41) is 24.0. The van der Waals surface area contributed by atoms with Gasteiger partial charge in [-0.15, -0.1) is 8.67 Å². The Hall–Kier alpha value is 1.58. The molecular weight excluding hydrogens is 302 g/mol. The summed E-state index contributed by atoms with van der Waals surface area (Å²) in [5.41, 5.74) is 0. The topological polar surface area (TPSA) is 214 Å². The van der Waals surface area contributed by atoms with Crippen LogP contribution in [0.15, 0.2) is 0 Å². The first kappa shape index (κ1) is 30.5. The molecule has 0 spiro atoms. The van der Waals surface area contributed by atoms with Gasteiger partial charge in [-0.3, -0.25) is 21.0 Å². The molecule has 0 aromatic carbocycles. The van der Waals surface area contributed by atoms with E-state index in [0.29, 0.717) is 0 Å². The van der Waals surface area contributed by atoms with Crippen LogP contribution in [0.3, 0.4) is 0 Å². The second-order valence-corrected chi connectivity index (χ2v) is 2.86.